The molecule has 1 saturated heterocycles. The molecule has 2 aromatic rings. The van der Waals surface area contributed by atoms with Crippen molar-refractivity contribution < 1.29 is 4.79 Å². The molecule has 1 aliphatic rings. The lowest BCUT2D eigenvalue weighted by Crippen LogP contribution is -2.55. The van der Waals surface area contributed by atoms with Gasteiger partial charge in [-0.1, -0.05) is 0 Å². The normalized spacial score (nSPS) is 23.8. The Morgan fingerprint density at radius 1 is 1.32 bits per heavy atom. The Labute approximate surface area is 112 Å². The fraction of sp³-hybridized carbons (Fsp3) is 0.429. The largest absolute Gasteiger partial charge is 0.336 e. The number of H-pyrrole nitrogens is 1. The van der Waals surface area contributed by atoms with Crippen molar-refractivity contribution in [3.8, 4) is 0 Å². The molecule has 0 aliphatic carbocycles. The van der Waals surface area contributed by atoms with E-state index < -0.39 is 0 Å². The Kier molecular flexibility index (Phi) is 2.98. The van der Waals surface area contributed by atoms with Gasteiger partial charge in [-0.2, -0.15) is 5.10 Å². The van der Waals surface area contributed by atoms with E-state index in [-0.39, 0.29) is 5.91 Å². The van der Waals surface area contributed by atoms with E-state index in [1.165, 1.54) is 0 Å². The fourth-order valence-corrected chi connectivity index (χ4v) is 2.75. The van der Waals surface area contributed by atoms with Crippen molar-refractivity contribution >= 4 is 16.8 Å². The maximum Gasteiger partial charge on any atom is 0.253 e. The molecule has 3 rings (SSSR count). The molecule has 1 aliphatic heterocycles. The summed E-state index contributed by atoms with van der Waals surface area (Å²) < 4.78 is 0. The van der Waals surface area contributed by atoms with Crippen molar-refractivity contribution in [3.63, 3.8) is 0 Å². The maximum absolute atomic E-state index is 12.5. The van der Waals surface area contributed by atoms with Crippen LogP contribution in [0.4, 0.5) is 0 Å². The highest BCUT2D eigenvalue weighted by atomic mass is 16.2. The highest BCUT2D eigenvalue weighted by Crippen LogP contribution is 2.16. The van der Waals surface area contributed by atoms with Crippen LogP contribution in [0, 0.1) is 0 Å². The molecule has 0 radical (unpaired) electrons. The molecule has 0 saturated carbocycles. The molecule has 2 N–H and O–H groups in total. The maximum atomic E-state index is 12.5. The van der Waals surface area contributed by atoms with Gasteiger partial charge in [0.2, 0.25) is 0 Å². The number of piperazine rings is 1. The first-order valence-electron chi connectivity index (χ1n) is 6.62. The third-order valence-electron chi connectivity index (χ3n) is 3.53. The predicted molar refractivity (Wildman–Crippen MR) is 74.1 cm³/mol. The molecular weight excluding hydrogens is 240 g/mol. The van der Waals surface area contributed by atoms with Crippen molar-refractivity contribution in [1.29, 1.82) is 0 Å². The van der Waals surface area contributed by atoms with Gasteiger partial charge in [-0.05, 0) is 32.0 Å². The summed E-state index contributed by atoms with van der Waals surface area (Å²) in [6.07, 6.45) is 1.75. The van der Waals surface area contributed by atoms with Crippen LogP contribution in [-0.4, -0.2) is 46.2 Å². The molecule has 2 heterocycles. The number of amides is 1. The molecule has 5 nitrogen and oxygen atoms in total. The number of nitrogens with zero attached hydrogens (tertiary/aromatic N) is 2. The molecule has 2 atom stereocenters. The van der Waals surface area contributed by atoms with Crippen molar-refractivity contribution in [2.45, 2.75) is 25.9 Å². The number of fused-ring (bicyclic) bond motifs is 1. The van der Waals surface area contributed by atoms with Crippen molar-refractivity contribution in [2.24, 2.45) is 0 Å². The standard InChI is InChI=1S/C14H18N4O/c1-9-7-18(8-10(2)16-9)14(19)11-3-4-13-12(5-11)6-15-17-13/h3-6,9-10,16H,7-8H2,1-2H3,(H,15,17)/t9-,10-/m0/s1. The second kappa shape index (κ2) is 4.66. The minimum atomic E-state index is 0.100. The first-order valence-corrected chi connectivity index (χ1v) is 6.62. The van der Waals surface area contributed by atoms with Gasteiger partial charge in [0.05, 0.1) is 11.7 Å². The predicted octanol–water partition coefficient (Wildman–Crippen LogP) is 1.39. The number of aromatic amines is 1. The van der Waals surface area contributed by atoms with Gasteiger partial charge in [-0.15, -0.1) is 0 Å². The van der Waals surface area contributed by atoms with Gasteiger partial charge in [0.25, 0.3) is 5.91 Å². The van der Waals surface area contributed by atoms with E-state index in [1.807, 2.05) is 23.1 Å². The van der Waals surface area contributed by atoms with Crippen LogP contribution < -0.4 is 5.32 Å². The van der Waals surface area contributed by atoms with Gasteiger partial charge < -0.3 is 10.2 Å². The average molecular weight is 258 g/mol. The van der Waals surface area contributed by atoms with Crippen LogP contribution in [0.15, 0.2) is 24.4 Å². The summed E-state index contributed by atoms with van der Waals surface area (Å²) in [5.74, 6) is 0.100. The minimum absolute atomic E-state index is 0.100. The van der Waals surface area contributed by atoms with E-state index in [4.69, 9.17) is 0 Å². The lowest BCUT2D eigenvalue weighted by atomic mass is 10.1. The van der Waals surface area contributed by atoms with Crippen molar-refractivity contribution in [3.05, 3.63) is 30.0 Å². The SMILES string of the molecule is C[C@H]1CN(C(=O)c2ccc3[nH]ncc3c2)C[C@H](C)N1. The molecule has 1 fully saturated rings. The van der Waals surface area contributed by atoms with Crippen LogP contribution in [0.5, 0.6) is 0 Å². The number of nitrogens with one attached hydrogen (secondary N) is 2. The van der Waals surface area contributed by atoms with E-state index in [9.17, 15) is 4.79 Å². The zero-order valence-electron chi connectivity index (χ0n) is 11.2. The Morgan fingerprint density at radius 3 is 2.79 bits per heavy atom. The summed E-state index contributed by atoms with van der Waals surface area (Å²) in [4.78, 5) is 14.4. The van der Waals surface area contributed by atoms with Crippen molar-refractivity contribution in [2.75, 3.05) is 13.1 Å². The van der Waals surface area contributed by atoms with Crippen LogP contribution >= 0.6 is 0 Å². The first-order chi connectivity index (χ1) is 9.13. The smallest absolute Gasteiger partial charge is 0.253 e. The second-order valence-electron chi connectivity index (χ2n) is 5.35. The lowest BCUT2D eigenvalue weighted by molar-refractivity contribution is 0.0674. The van der Waals surface area contributed by atoms with Crippen LogP contribution in [0.25, 0.3) is 10.9 Å². The lowest BCUT2D eigenvalue weighted by Gasteiger charge is -2.36. The molecule has 1 amide bonds. The van der Waals surface area contributed by atoms with Crippen LogP contribution in [-0.2, 0) is 0 Å². The van der Waals surface area contributed by atoms with E-state index in [0.717, 1.165) is 29.6 Å². The number of aromatic nitrogens is 2. The van der Waals surface area contributed by atoms with Gasteiger partial charge in [0.15, 0.2) is 0 Å². The third-order valence-corrected chi connectivity index (χ3v) is 3.53. The molecule has 1 aromatic carbocycles. The Balaban J connectivity index is 1.86. The number of rotatable bonds is 1. The molecule has 1 aromatic heterocycles. The molecule has 19 heavy (non-hydrogen) atoms. The van der Waals surface area contributed by atoms with Gasteiger partial charge >= 0.3 is 0 Å². The summed E-state index contributed by atoms with van der Waals surface area (Å²) >= 11 is 0. The summed E-state index contributed by atoms with van der Waals surface area (Å²) in [6, 6.07) is 6.35. The molecule has 0 unspecified atom stereocenters. The molecule has 0 spiro atoms. The number of hydrogen-bond acceptors (Lipinski definition) is 3. The second-order valence-corrected chi connectivity index (χ2v) is 5.35. The van der Waals surface area contributed by atoms with E-state index in [2.05, 4.69) is 29.4 Å². The van der Waals surface area contributed by atoms with Gasteiger partial charge in [-0.25, -0.2) is 0 Å². The number of benzene rings is 1. The summed E-state index contributed by atoms with van der Waals surface area (Å²) in [5, 5.41) is 11.3. The fourth-order valence-electron chi connectivity index (χ4n) is 2.75. The van der Waals surface area contributed by atoms with Crippen LogP contribution in [0.1, 0.15) is 24.2 Å². The topological polar surface area (TPSA) is 61.0 Å². The van der Waals surface area contributed by atoms with Gasteiger partial charge in [0, 0.05) is 36.1 Å². The van der Waals surface area contributed by atoms with Crippen LogP contribution in [0.3, 0.4) is 0 Å². The first kappa shape index (κ1) is 12.2. The number of carbonyl (C=O) groups excluding carboxylic acids is 1. The minimum Gasteiger partial charge on any atom is -0.336 e. The van der Waals surface area contributed by atoms with Crippen LogP contribution in [0.2, 0.25) is 0 Å². The van der Waals surface area contributed by atoms with E-state index in [0.29, 0.717) is 12.1 Å². The zero-order valence-corrected chi connectivity index (χ0v) is 11.2. The quantitative estimate of drug-likeness (QED) is 0.812. The summed E-state index contributed by atoms with van der Waals surface area (Å²) in [5.41, 5.74) is 1.69. The summed E-state index contributed by atoms with van der Waals surface area (Å²) in [6.45, 7) is 5.73. The highest BCUT2D eigenvalue weighted by molar-refractivity contribution is 5.98. The zero-order chi connectivity index (χ0) is 13.4. The van der Waals surface area contributed by atoms with Gasteiger partial charge in [-0.3, -0.25) is 9.89 Å². The third kappa shape index (κ3) is 2.33. The molecule has 100 valence electrons. The molecule has 0 bridgehead atoms. The Morgan fingerprint density at radius 2 is 2.05 bits per heavy atom. The Bertz CT molecular complexity index is 596. The Hall–Kier alpha value is -1.88. The number of hydrogen-bond donors (Lipinski definition) is 2. The number of carbonyl (C=O) groups is 1. The monoisotopic (exact) mass is 258 g/mol. The molecule has 5 heteroatoms. The van der Waals surface area contributed by atoms with E-state index >= 15 is 0 Å². The highest BCUT2D eigenvalue weighted by Gasteiger charge is 2.25. The van der Waals surface area contributed by atoms with Crippen molar-refractivity contribution in [1.82, 2.24) is 20.4 Å². The van der Waals surface area contributed by atoms with Gasteiger partial charge in [0.1, 0.15) is 0 Å². The van der Waals surface area contributed by atoms with E-state index in [1.54, 1.807) is 6.20 Å². The average Bonchev–Trinajstić information content (AvgIpc) is 2.83. The summed E-state index contributed by atoms with van der Waals surface area (Å²) in [7, 11) is 0. The molecular formula is C14H18N4O.